The van der Waals surface area contributed by atoms with E-state index < -0.39 is 0 Å². The summed E-state index contributed by atoms with van der Waals surface area (Å²) in [7, 11) is 0. The molecular formula is C16H16N2. The summed E-state index contributed by atoms with van der Waals surface area (Å²) in [5, 5.41) is 0. The van der Waals surface area contributed by atoms with E-state index in [0.717, 1.165) is 5.65 Å². The first-order valence-electron chi connectivity index (χ1n) is 6.28. The van der Waals surface area contributed by atoms with Gasteiger partial charge in [0.05, 0.1) is 5.69 Å². The third kappa shape index (κ3) is 1.80. The fourth-order valence-corrected chi connectivity index (χ4v) is 2.22. The van der Waals surface area contributed by atoms with Gasteiger partial charge in [0.2, 0.25) is 0 Å². The third-order valence-corrected chi connectivity index (χ3v) is 3.30. The van der Waals surface area contributed by atoms with Crippen LogP contribution in [-0.2, 0) is 0 Å². The molecule has 90 valence electrons. The van der Waals surface area contributed by atoms with Gasteiger partial charge in [0.25, 0.3) is 0 Å². The second-order valence-corrected chi connectivity index (χ2v) is 4.84. The highest BCUT2D eigenvalue weighted by atomic mass is 15.0. The van der Waals surface area contributed by atoms with Gasteiger partial charge in [-0.1, -0.05) is 44.2 Å². The van der Waals surface area contributed by atoms with Crippen LogP contribution in [0.5, 0.6) is 0 Å². The highest BCUT2D eigenvalue weighted by Crippen LogP contribution is 2.23. The summed E-state index contributed by atoms with van der Waals surface area (Å²) in [6.07, 6.45) is 3.84. The van der Waals surface area contributed by atoms with Gasteiger partial charge in [-0.3, -0.25) is 4.40 Å². The normalized spacial score (nSPS) is 11.3. The molecule has 0 atom stereocenters. The minimum atomic E-state index is 0.572. The summed E-state index contributed by atoms with van der Waals surface area (Å²) in [4.78, 5) is 4.31. The van der Waals surface area contributed by atoms with Crippen molar-refractivity contribution < 1.29 is 0 Å². The van der Waals surface area contributed by atoms with Crippen molar-refractivity contribution in [3.8, 4) is 11.3 Å². The molecule has 0 N–H and O–H groups in total. The molecule has 0 aliphatic rings. The molecule has 1 aromatic carbocycles. The number of benzene rings is 1. The summed E-state index contributed by atoms with van der Waals surface area (Å²) in [5.41, 5.74) is 4.76. The first-order valence-corrected chi connectivity index (χ1v) is 6.28. The molecule has 0 aliphatic carbocycles. The monoisotopic (exact) mass is 236 g/mol. The largest absolute Gasteiger partial charge is 0.300 e. The van der Waals surface area contributed by atoms with Gasteiger partial charge in [-0.05, 0) is 29.2 Å². The number of hydrogen-bond donors (Lipinski definition) is 0. The molecule has 3 rings (SSSR count). The topological polar surface area (TPSA) is 17.3 Å². The van der Waals surface area contributed by atoms with Gasteiger partial charge in [0.1, 0.15) is 5.65 Å². The van der Waals surface area contributed by atoms with Gasteiger partial charge >= 0.3 is 0 Å². The van der Waals surface area contributed by atoms with Crippen molar-refractivity contribution in [3.05, 3.63) is 60.4 Å². The average molecular weight is 236 g/mol. The number of rotatable bonds is 2. The van der Waals surface area contributed by atoms with E-state index in [1.807, 2.05) is 24.5 Å². The molecule has 0 saturated carbocycles. The van der Waals surface area contributed by atoms with Crippen molar-refractivity contribution in [2.24, 2.45) is 0 Å². The van der Waals surface area contributed by atoms with Crippen LogP contribution in [0.1, 0.15) is 25.3 Å². The van der Waals surface area contributed by atoms with Crippen LogP contribution < -0.4 is 0 Å². The predicted molar refractivity (Wildman–Crippen MR) is 74.7 cm³/mol. The number of hydrogen-bond acceptors (Lipinski definition) is 1. The molecule has 2 nitrogen and oxygen atoms in total. The lowest BCUT2D eigenvalue weighted by atomic mass is 10.0. The van der Waals surface area contributed by atoms with Gasteiger partial charge in [-0.2, -0.15) is 0 Å². The minimum absolute atomic E-state index is 0.572. The highest BCUT2D eigenvalue weighted by Gasteiger charge is 2.04. The molecule has 2 heteroatoms. The quantitative estimate of drug-likeness (QED) is 0.654. The Morgan fingerprint density at radius 2 is 1.78 bits per heavy atom. The number of aromatic nitrogens is 2. The van der Waals surface area contributed by atoms with Gasteiger partial charge in [0, 0.05) is 12.4 Å². The lowest BCUT2D eigenvalue weighted by Gasteiger charge is -2.08. The maximum absolute atomic E-state index is 4.31. The SMILES string of the molecule is CC(C)c1ccc(-c2cccc3nccn23)cc1. The zero-order chi connectivity index (χ0) is 12.5. The molecule has 0 unspecified atom stereocenters. The molecule has 0 fully saturated rings. The molecule has 0 amide bonds. The molecular weight excluding hydrogens is 220 g/mol. The average Bonchev–Trinajstić information content (AvgIpc) is 2.87. The van der Waals surface area contributed by atoms with E-state index >= 15 is 0 Å². The Morgan fingerprint density at radius 3 is 2.50 bits per heavy atom. The Bertz CT molecular complexity index is 663. The van der Waals surface area contributed by atoms with Crippen LogP contribution in [0, 0.1) is 0 Å². The van der Waals surface area contributed by atoms with E-state index in [1.165, 1.54) is 16.8 Å². The van der Waals surface area contributed by atoms with Crippen LogP contribution in [0.25, 0.3) is 16.9 Å². The molecule has 3 aromatic rings. The molecule has 0 spiro atoms. The number of pyridine rings is 1. The Labute approximate surface area is 107 Å². The summed E-state index contributed by atoms with van der Waals surface area (Å²) in [5.74, 6) is 0.572. The Hall–Kier alpha value is -2.09. The number of imidazole rings is 1. The van der Waals surface area contributed by atoms with Crippen molar-refractivity contribution in [1.29, 1.82) is 0 Å². The van der Waals surface area contributed by atoms with Crippen LogP contribution >= 0.6 is 0 Å². The molecule has 0 bridgehead atoms. The first kappa shape index (κ1) is 11.0. The van der Waals surface area contributed by atoms with E-state index in [9.17, 15) is 0 Å². The van der Waals surface area contributed by atoms with Gasteiger partial charge < -0.3 is 0 Å². The molecule has 0 radical (unpaired) electrons. The van der Waals surface area contributed by atoms with Crippen molar-refractivity contribution in [1.82, 2.24) is 9.38 Å². The summed E-state index contributed by atoms with van der Waals surface area (Å²) in [6.45, 7) is 4.43. The van der Waals surface area contributed by atoms with Crippen LogP contribution in [0.3, 0.4) is 0 Å². The lowest BCUT2D eigenvalue weighted by molar-refractivity contribution is 0.867. The van der Waals surface area contributed by atoms with Crippen molar-refractivity contribution >= 4 is 5.65 Å². The zero-order valence-corrected chi connectivity index (χ0v) is 10.7. The minimum Gasteiger partial charge on any atom is -0.300 e. The molecule has 18 heavy (non-hydrogen) atoms. The number of nitrogens with zero attached hydrogens (tertiary/aromatic N) is 2. The molecule has 0 aliphatic heterocycles. The second-order valence-electron chi connectivity index (χ2n) is 4.84. The van der Waals surface area contributed by atoms with Crippen LogP contribution in [0.2, 0.25) is 0 Å². The molecule has 0 saturated heterocycles. The van der Waals surface area contributed by atoms with Gasteiger partial charge in [0.15, 0.2) is 0 Å². The van der Waals surface area contributed by atoms with E-state index in [1.54, 1.807) is 0 Å². The zero-order valence-electron chi connectivity index (χ0n) is 10.7. The van der Waals surface area contributed by atoms with Gasteiger partial charge in [-0.25, -0.2) is 4.98 Å². The van der Waals surface area contributed by atoms with E-state index in [4.69, 9.17) is 0 Å². The Balaban J connectivity index is 2.11. The van der Waals surface area contributed by atoms with E-state index in [0.29, 0.717) is 5.92 Å². The van der Waals surface area contributed by atoms with Gasteiger partial charge in [-0.15, -0.1) is 0 Å². The van der Waals surface area contributed by atoms with Crippen LogP contribution in [0.4, 0.5) is 0 Å². The van der Waals surface area contributed by atoms with Crippen molar-refractivity contribution in [3.63, 3.8) is 0 Å². The Morgan fingerprint density at radius 1 is 1.00 bits per heavy atom. The molecule has 2 aromatic heterocycles. The fraction of sp³-hybridized carbons (Fsp3) is 0.188. The standard InChI is InChI=1S/C16H16N2/c1-12(2)13-6-8-14(9-7-13)15-4-3-5-16-17-10-11-18(15)16/h3-12H,1-2H3. The third-order valence-electron chi connectivity index (χ3n) is 3.30. The maximum atomic E-state index is 4.31. The van der Waals surface area contributed by atoms with Crippen molar-refractivity contribution in [2.45, 2.75) is 19.8 Å². The van der Waals surface area contributed by atoms with Crippen LogP contribution in [-0.4, -0.2) is 9.38 Å². The molecule has 2 heterocycles. The highest BCUT2D eigenvalue weighted by molar-refractivity contribution is 5.63. The van der Waals surface area contributed by atoms with Crippen LogP contribution in [0.15, 0.2) is 54.9 Å². The smallest absolute Gasteiger partial charge is 0.137 e. The number of fused-ring (bicyclic) bond motifs is 1. The Kier molecular flexibility index (Phi) is 2.63. The van der Waals surface area contributed by atoms with Crippen molar-refractivity contribution in [2.75, 3.05) is 0 Å². The summed E-state index contributed by atoms with van der Waals surface area (Å²) < 4.78 is 2.12. The summed E-state index contributed by atoms with van der Waals surface area (Å²) in [6, 6.07) is 15.0. The fourth-order valence-electron chi connectivity index (χ4n) is 2.22. The lowest BCUT2D eigenvalue weighted by Crippen LogP contribution is -1.91. The van der Waals surface area contributed by atoms with E-state index in [2.05, 4.69) is 53.6 Å². The summed E-state index contributed by atoms with van der Waals surface area (Å²) >= 11 is 0. The van der Waals surface area contributed by atoms with E-state index in [-0.39, 0.29) is 0 Å². The predicted octanol–water partition coefficient (Wildman–Crippen LogP) is 4.12. The second kappa shape index (κ2) is 4.30. The maximum Gasteiger partial charge on any atom is 0.137 e. The first-order chi connectivity index (χ1) is 8.75.